The van der Waals surface area contributed by atoms with Gasteiger partial charge in [-0.25, -0.2) is 15.0 Å². The first-order valence-electron chi connectivity index (χ1n) is 21.2. The maximum atomic E-state index is 10.1. The number of ether oxygens (including phenoxy) is 2. The number of hydrogen-bond acceptors (Lipinski definition) is 11. The quantitative estimate of drug-likeness (QED) is 0.0833. The first kappa shape index (κ1) is 43.0. The zero-order valence-corrected chi connectivity index (χ0v) is 36.7. The number of thiazole rings is 1. The number of carbonyl (C=O) groups is 2. The largest absolute Gasteiger partial charge is 0.471 e. The number of H-pyrrole nitrogens is 2. The predicted octanol–water partition coefficient (Wildman–Crippen LogP) is 8.55. The Kier molecular flexibility index (Phi) is 14.0. The van der Waals surface area contributed by atoms with E-state index in [9.17, 15) is 4.79 Å². The van der Waals surface area contributed by atoms with Crippen LogP contribution in [0.25, 0.3) is 44.7 Å². The fraction of sp³-hybridized carbons (Fsp3) is 0.457. The summed E-state index contributed by atoms with van der Waals surface area (Å²) in [4.78, 5) is 44.0. The van der Waals surface area contributed by atoms with Crippen molar-refractivity contribution in [3.05, 3.63) is 82.1 Å². The summed E-state index contributed by atoms with van der Waals surface area (Å²) in [6.07, 6.45) is 13.8. The second-order valence-corrected chi connectivity index (χ2v) is 17.5. The van der Waals surface area contributed by atoms with Gasteiger partial charge in [-0.3, -0.25) is 14.3 Å². The van der Waals surface area contributed by atoms with E-state index in [0.717, 1.165) is 94.6 Å². The van der Waals surface area contributed by atoms with Gasteiger partial charge in [0.25, 0.3) is 6.47 Å². The van der Waals surface area contributed by atoms with Crippen molar-refractivity contribution in [3.8, 4) is 39.5 Å². The van der Waals surface area contributed by atoms with Crippen molar-refractivity contribution < 1.29 is 19.1 Å². The third-order valence-corrected chi connectivity index (χ3v) is 12.9. The lowest BCUT2D eigenvalue weighted by atomic mass is 9.86. The summed E-state index contributed by atoms with van der Waals surface area (Å²) in [5.41, 5.74) is 8.90. The molecule has 14 heteroatoms. The fourth-order valence-corrected chi connectivity index (χ4v) is 9.35. The number of aromatic amines is 2. The Morgan fingerprint density at radius 1 is 1.02 bits per heavy atom. The molecule has 2 fully saturated rings. The van der Waals surface area contributed by atoms with E-state index in [1.807, 2.05) is 43.8 Å². The lowest BCUT2D eigenvalue weighted by Crippen LogP contribution is -2.31. The summed E-state index contributed by atoms with van der Waals surface area (Å²) in [6.45, 7) is 11.7. The van der Waals surface area contributed by atoms with Crippen LogP contribution in [0.5, 0.6) is 5.75 Å². The number of nitrogens with zero attached hydrogens (tertiary/aromatic N) is 5. The Balaban J connectivity index is 0.000000401. The van der Waals surface area contributed by atoms with Gasteiger partial charge in [0.15, 0.2) is 0 Å². The summed E-state index contributed by atoms with van der Waals surface area (Å²) in [7, 11) is 5.24. The molecule has 0 spiro atoms. The van der Waals surface area contributed by atoms with Crippen molar-refractivity contribution in [2.75, 3.05) is 34.3 Å². The van der Waals surface area contributed by atoms with Crippen molar-refractivity contribution in [1.82, 2.24) is 45.0 Å². The van der Waals surface area contributed by atoms with E-state index in [2.05, 4.69) is 92.1 Å². The zero-order valence-electron chi connectivity index (χ0n) is 35.9. The molecule has 1 saturated carbocycles. The smallest absolute Gasteiger partial charge is 0.292 e. The van der Waals surface area contributed by atoms with Gasteiger partial charge in [-0.15, -0.1) is 11.3 Å². The molecule has 1 aliphatic carbocycles. The number of aryl methyl sites for hydroxylation is 1. The van der Waals surface area contributed by atoms with Crippen molar-refractivity contribution >= 4 is 35.0 Å². The average molecular weight is 834 g/mol. The Bertz CT molecular complexity index is 2370. The normalized spacial score (nSPS) is 17.5. The molecule has 3 aliphatic rings. The van der Waals surface area contributed by atoms with Crippen LogP contribution in [0.1, 0.15) is 105 Å². The van der Waals surface area contributed by atoms with Gasteiger partial charge in [0.05, 0.1) is 70.6 Å². The number of aldehydes is 1. The van der Waals surface area contributed by atoms with Gasteiger partial charge in [-0.05, 0) is 108 Å². The fourth-order valence-electron chi connectivity index (χ4n) is 8.24. The standard InChI is InChI=1S/C38H42N8OS.C6H13NO.C2H4O2/c1-4-13-45(3)21-34-40-18-29(43-34)25-14-22(2)35-31-16-26-15-24(28-19-41-36(44-28)27-9-6-12-39-27)10-11-30(26)46(31)38(47-32(35)17-25)33-20-42-37(48-33)23-7-5-8-23;1-5(2)6(4-8)7-3;1-4-2-3/h10-11,14-20,23,27,38-39H,4-9,12-13,21H2,1-3H3,(H,40,43)(H,41,44);4-7H,1-3H3;2H,1H3/t27-,38?;;/m0../s1. The maximum absolute atomic E-state index is 10.1. The van der Waals surface area contributed by atoms with Crippen LogP contribution in [0.3, 0.4) is 0 Å². The molecule has 6 heterocycles. The molecule has 0 amide bonds. The van der Waals surface area contributed by atoms with Crippen LogP contribution in [0, 0.1) is 12.8 Å². The highest BCUT2D eigenvalue weighted by molar-refractivity contribution is 7.11. The Morgan fingerprint density at radius 3 is 2.45 bits per heavy atom. The van der Waals surface area contributed by atoms with Crippen molar-refractivity contribution in [2.24, 2.45) is 5.92 Å². The molecule has 2 aliphatic heterocycles. The Hall–Kier alpha value is -5.15. The first-order chi connectivity index (χ1) is 29.2. The minimum absolute atomic E-state index is 0.0231. The monoisotopic (exact) mass is 833 g/mol. The van der Waals surface area contributed by atoms with E-state index in [-0.39, 0.29) is 12.3 Å². The topological polar surface area (TPSA) is 155 Å². The number of imidazole rings is 2. The van der Waals surface area contributed by atoms with Gasteiger partial charge in [-0.1, -0.05) is 33.3 Å². The molecular formula is C46H59N9O4S. The van der Waals surface area contributed by atoms with Crippen LogP contribution in [0.2, 0.25) is 0 Å². The summed E-state index contributed by atoms with van der Waals surface area (Å²) in [5.74, 6) is 3.88. The third kappa shape index (κ3) is 9.26. The molecular weight excluding hydrogens is 775 g/mol. The van der Waals surface area contributed by atoms with Gasteiger partial charge >= 0.3 is 0 Å². The number of fused-ring (bicyclic) bond motifs is 5. The molecule has 2 unspecified atom stereocenters. The molecule has 4 aromatic heterocycles. The Labute approximate surface area is 356 Å². The minimum atomic E-state index is -0.302. The highest BCUT2D eigenvalue weighted by atomic mass is 32.1. The van der Waals surface area contributed by atoms with Gasteiger partial charge in [0.1, 0.15) is 23.7 Å². The second-order valence-electron chi connectivity index (χ2n) is 16.4. The molecule has 4 N–H and O–H groups in total. The first-order valence-corrected chi connectivity index (χ1v) is 22.0. The summed E-state index contributed by atoms with van der Waals surface area (Å²) in [5, 5.41) is 8.86. The van der Waals surface area contributed by atoms with Gasteiger partial charge in [0, 0.05) is 34.2 Å². The minimum Gasteiger partial charge on any atom is -0.471 e. The van der Waals surface area contributed by atoms with Gasteiger partial charge in [-0.2, -0.15) is 0 Å². The lowest BCUT2D eigenvalue weighted by molar-refractivity contribution is -0.126. The van der Waals surface area contributed by atoms with Crippen molar-refractivity contribution in [1.29, 1.82) is 0 Å². The predicted molar refractivity (Wildman–Crippen MR) is 238 cm³/mol. The van der Waals surface area contributed by atoms with E-state index < -0.39 is 0 Å². The molecule has 9 rings (SSSR count). The van der Waals surface area contributed by atoms with E-state index >= 15 is 0 Å². The lowest BCUT2D eigenvalue weighted by Gasteiger charge is -2.30. The number of rotatable bonds is 13. The average Bonchev–Trinajstić information content (AvgIpc) is 4.08. The molecule has 0 bridgehead atoms. The van der Waals surface area contributed by atoms with Crippen LogP contribution < -0.4 is 15.4 Å². The van der Waals surface area contributed by atoms with Crippen molar-refractivity contribution in [2.45, 2.75) is 97.0 Å². The molecule has 1 saturated heterocycles. The van der Waals surface area contributed by atoms with Crippen molar-refractivity contribution in [3.63, 3.8) is 0 Å². The molecule has 0 radical (unpaired) electrons. The van der Waals surface area contributed by atoms with Gasteiger partial charge < -0.3 is 34.9 Å². The van der Waals surface area contributed by atoms with Crippen LogP contribution in [-0.2, 0) is 20.9 Å². The molecule has 13 nitrogen and oxygen atoms in total. The number of carbonyl (C=O) groups excluding carboxylic acids is 2. The number of aromatic nitrogens is 6. The molecule has 318 valence electrons. The summed E-state index contributed by atoms with van der Waals surface area (Å²) in [6, 6.07) is 13.8. The molecule has 6 aromatic rings. The van der Waals surface area contributed by atoms with Crippen LogP contribution in [0.15, 0.2) is 55.0 Å². The van der Waals surface area contributed by atoms with Crippen LogP contribution in [0.4, 0.5) is 0 Å². The highest BCUT2D eigenvalue weighted by Gasteiger charge is 2.33. The Morgan fingerprint density at radius 2 is 1.80 bits per heavy atom. The van der Waals surface area contributed by atoms with Crippen LogP contribution in [-0.4, -0.2) is 87.5 Å². The summed E-state index contributed by atoms with van der Waals surface area (Å²) >= 11 is 1.81. The van der Waals surface area contributed by atoms with E-state index in [0.29, 0.717) is 24.3 Å². The summed E-state index contributed by atoms with van der Waals surface area (Å²) < 4.78 is 13.3. The highest BCUT2D eigenvalue weighted by Crippen LogP contribution is 2.49. The van der Waals surface area contributed by atoms with E-state index in [1.165, 1.54) is 54.4 Å². The third-order valence-electron chi connectivity index (χ3n) is 11.7. The zero-order chi connectivity index (χ0) is 42.3. The van der Waals surface area contributed by atoms with Gasteiger partial charge in [0.2, 0.25) is 6.23 Å². The molecule has 60 heavy (non-hydrogen) atoms. The number of nitrogens with one attached hydrogen (secondary N) is 4. The molecule has 3 atom stereocenters. The second kappa shape index (κ2) is 19.5. The van der Waals surface area contributed by atoms with Crippen LogP contribution >= 0.6 is 11.3 Å². The number of methoxy groups -OCH3 is 1. The maximum Gasteiger partial charge on any atom is 0.292 e. The number of benzene rings is 2. The van der Waals surface area contributed by atoms with E-state index in [1.54, 1.807) is 7.05 Å². The molecule has 2 aromatic carbocycles. The number of likely N-dealkylation sites (N-methyl/N-ethyl adjacent to an activating group) is 1. The SMILES string of the molecule is CCCN(C)Cc1ncc(-c2cc(C)c3c(c2)OC(c2cnc(C4CCC4)s2)n2c-3cc3cc(-c4cnc([C@@H]5CCCN5)[nH]4)ccc32)[nH]1.CNC(C=O)C(C)C.COC=O. The van der Waals surface area contributed by atoms with E-state index in [4.69, 9.17) is 24.5 Å². The number of hydrogen-bond donors (Lipinski definition) is 4.